The SMILES string of the molecule is CN(C)S(=O)(=O)c1ccc(CNS(=O)(=O)c2ccc(Cl)cc2F)cc1. The third-order valence-electron chi connectivity index (χ3n) is 3.35. The molecule has 6 nitrogen and oxygen atoms in total. The fourth-order valence-corrected chi connectivity index (χ4v) is 4.07. The molecule has 0 aliphatic carbocycles. The van der Waals surface area contributed by atoms with E-state index in [4.69, 9.17) is 11.6 Å². The van der Waals surface area contributed by atoms with Gasteiger partial charge in [-0.1, -0.05) is 23.7 Å². The lowest BCUT2D eigenvalue weighted by Crippen LogP contribution is -2.24. The van der Waals surface area contributed by atoms with E-state index < -0.39 is 30.8 Å². The minimum absolute atomic E-state index is 0.0906. The number of benzene rings is 2. The summed E-state index contributed by atoms with van der Waals surface area (Å²) in [5.74, 6) is -0.951. The van der Waals surface area contributed by atoms with E-state index in [9.17, 15) is 21.2 Å². The number of sulfonamides is 2. The Kier molecular flexibility index (Phi) is 5.85. The van der Waals surface area contributed by atoms with Gasteiger partial charge in [0, 0.05) is 25.7 Å². The molecule has 2 aromatic carbocycles. The Morgan fingerprint density at radius 2 is 1.64 bits per heavy atom. The summed E-state index contributed by atoms with van der Waals surface area (Å²) in [6.07, 6.45) is 0. The van der Waals surface area contributed by atoms with Crippen molar-refractivity contribution in [3.05, 3.63) is 58.9 Å². The van der Waals surface area contributed by atoms with Gasteiger partial charge in [0.15, 0.2) is 0 Å². The van der Waals surface area contributed by atoms with Crippen LogP contribution < -0.4 is 4.72 Å². The van der Waals surface area contributed by atoms with Gasteiger partial charge in [0.2, 0.25) is 20.0 Å². The highest BCUT2D eigenvalue weighted by atomic mass is 35.5. The molecule has 0 atom stereocenters. The molecule has 0 unspecified atom stereocenters. The van der Waals surface area contributed by atoms with E-state index in [0.29, 0.717) is 5.56 Å². The van der Waals surface area contributed by atoms with E-state index in [0.717, 1.165) is 16.4 Å². The fourth-order valence-electron chi connectivity index (χ4n) is 1.94. The molecule has 0 fully saturated rings. The summed E-state index contributed by atoms with van der Waals surface area (Å²) in [5.41, 5.74) is 0.524. The van der Waals surface area contributed by atoms with E-state index in [1.807, 2.05) is 0 Å². The maximum absolute atomic E-state index is 13.8. The molecular weight excluding hydrogens is 391 g/mol. The van der Waals surface area contributed by atoms with Gasteiger partial charge in [-0.25, -0.2) is 30.3 Å². The van der Waals surface area contributed by atoms with Gasteiger partial charge in [-0.15, -0.1) is 0 Å². The smallest absolute Gasteiger partial charge is 0.207 e. The van der Waals surface area contributed by atoms with Crippen LogP contribution in [0.3, 0.4) is 0 Å². The van der Waals surface area contributed by atoms with Crippen molar-refractivity contribution in [3.8, 4) is 0 Å². The van der Waals surface area contributed by atoms with Crippen LogP contribution in [0, 0.1) is 5.82 Å². The van der Waals surface area contributed by atoms with Crippen molar-refractivity contribution in [2.24, 2.45) is 0 Å². The molecule has 0 aliphatic rings. The molecule has 136 valence electrons. The molecule has 25 heavy (non-hydrogen) atoms. The van der Waals surface area contributed by atoms with E-state index in [2.05, 4.69) is 4.72 Å². The van der Waals surface area contributed by atoms with E-state index >= 15 is 0 Å². The lowest BCUT2D eigenvalue weighted by molar-refractivity contribution is 0.520. The van der Waals surface area contributed by atoms with Crippen LogP contribution in [0.15, 0.2) is 52.3 Å². The average Bonchev–Trinajstić information content (AvgIpc) is 2.53. The van der Waals surface area contributed by atoms with E-state index in [1.54, 1.807) is 0 Å². The Morgan fingerprint density at radius 1 is 1.04 bits per heavy atom. The quantitative estimate of drug-likeness (QED) is 0.797. The first-order valence-electron chi connectivity index (χ1n) is 7.00. The second kappa shape index (κ2) is 7.38. The van der Waals surface area contributed by atoms with Crippen LogP contribution in [-0.4, -0.2) is 35.2 Å². The molecular formula is C15H16ClFN2O4S2. The third kappa shape index (κ3) is 4.56. The van der Waals surface area contributed by atoms with Crippen LogP contribution >= 0.6 is 11.6 Å². The van der Waals surface area contributed by atoms with Crippen LogP contribution in [0.2, 0.25) is 5.02 Å². The maximum Gasteiger partial charge on any atom is 0.243 e. The molecule has 2 rings (SSSR count). The van der Waals surface area contributed by atoms with E-state index in [1.165, 1.54) is 44.4 Å². The second-order valence-electron chi connectivity index (χ2n) is 5.33. The zero-order valence-corrected chi connectivity index (χ0v) is 15.8. The minimum Gasteiger partial charge on any atom is -0.207 e. The fraction of sp³-hybridized carbons (Fsp3) is 0.200. The first-order chi connectivity index (χ1) is 11.5. The highest BCUT2D eigenvalue weighted by Crippen LogP contribution is 2.19. The summed E-state index contributed by atoms with van der Waals surface area (Å²) >= 11 is 5.61. The predicted octanol–water partition coefficient (Wildman–Crippen LogP) is 2.21. The van der Waals surface area contributed by atoms with Crippen molar-refractivity contribution < 1.29 is 21.2 Å². The van der Waals surface area contributed by atoms with Gasteiger partial charge in [-0.05, 0) is 35.9 Å². The van der Waals surface area contributed by atoms with Crippen molar-refractivity contribution in [2.45, 2.75) is 16.3 Å². The molecule has 0 saturated carbocycles. The maximum atomic E-state index is 13.8. The predicted molar refractivity (Wildman–Crippen MR) is 92.8 cm³/mol. The van der Waals surface area contributed by atoms with Gasteiger partial charge < -0.3 is 0 Å². The zero-order chi connectivity index (χ0) is 18.8. The van der Waals surface area contributed by atoms with Crippen molar-refractivity contribution in [1.82, 2.24) is 9.03 Å². The normalized spacial score (nSPS) is 12.5. The molecule has 10 heteroatoms. The Bertz CT molecular complexity index is 975. The summed E-state index contributed by atoms with van der Waals surface area (Å²) in [6.45, 7) is -0.118. The largest absolute Gasteiger partial charge is 0.243 e. The Labute approximate surface area is 151 Å². The number of hydrogen-bond donors (Lipinski definition) is 1. The summed E-state index contributed by atoms with van der Waals surface area (Å²) in [4.78, 5) is -0.420. The molecule has 0 aliphatic heterocycles. The minimum atomic E-state index is -4.07. The number of rotatable bonds is 6. The molecule has 1 N–H and O–H groups in total. The average molecular weight is 407 g/mol. The standard InChI is InChI=1S/C15H16ClFN2O4S2/c1-19(2)25(22,23)13-6-3-11(4-7-13)10-18-24(20,21)15-8-5-12(16)9-14(15)17/h3-9,18H,10H2,1-2H3. The highest BCUT2D eigenvalue weighted by molar-refractivity contribution is 7.89. The van der Waals surface area contributed by atoms with Gasteiger partial charge >= 0.3 is 0 Å². The van der Waals surface area contributed by atoms with Crippen LogP contribution in [0.4, 0.5) is 4.39 Å². The number of halogens is 2. The molecule has 2 aromatic rings. The Hall–Kier alpha value is -1.52. The molecule has 0 bridgehead atoms. The van der Waals surface area contributed by atoms with Crippen molar-refractivity contribution in [2.75, 3.05) is 14.1 Å². The monoisotopic (exact) mass is 406 g/mol. The number of nitrogens with zero attached hydrogens (tertiary/aromatic N) is 1. The highest BCUT2D eigenvalue weighted by Gasteiger charge is 2.20. The van der Waals surface area contributed by atoms with E-state index in [-0.39, 0.29) is 16.5 Å². The second-order valence-corrected chi connectivity index (χ2v) is 9.65. The van der Waals surface area contributed by atoms with Crippen molar-refractivity contribution in [3.63, 3.8) is 0 Å². The van der Waals surface area contributed by atoms with Gasteiger partial charge in [0.25, 0.3) is 0 Å². The van der Waals surface area contributed by atoms with Crippen LogP contribution in [-0.2, 0) is 26.6 Å². The number of nitrogens with one attached hydrogen (secondary N) is 1. The summed E-state index contributed by atoms with van der Waals surface area (Å²) < 4.78 is 65.4. The molecule has 0 heterocycles. The first kappa shape index (κ1) is 19.8. The van der Waals surface area contributed by atoms with Crippen molar-refractivity contribution in [1.29, 1.82) is 0 Å². The van der Waals surface area contributed by atoms with Gasteiger partial charge in [-0.2, -0.15) is 0 Å². The Balaban J connectivity index is 2.16. The first-order valence-corrected chi connectivity index (χ1v) is 10.3. The topological polar surface area (TPSA) is 83.6 Å². The van der Waals surface area contributed by atoms with Gasteiger partial charge in [0.05, 0.1) is 4.90 Å². The summed E-state index contributed by atoms with van der Waals surface area (Å²) in [6, 6.07) is 8.99. The molecule has 0 aromatic heterocycles. The zero-order valence-electron chi connectivity index (χ0n) is 13.4. The molecule has 0 radical (unpaired) electrons. The van der Waals surface area contributed by atoms with Gasteiger partial charge in [0.1, 0.15) is 10.7 Å². The van der Waals surface area contributed by atoms with Gasteiger partial charge in [-0.3, -0.25) is 0 Å². The van der Waals surface area contributed by atoms with Crippen LogP contribution in [0.5, 0.6) is 0 Å². The Morgan fingerprint density at radius 3 is 2.16 bits per heavy atom. The third-order valence-corrected chi connectivity index (χ3v) is 6.85. The lowest BCUT2D eigenvalue weighted by atomic mass is 10.2. The molecule has 0 spiro atoms. The lowest BCUT2D eigenvalue weighted by Gasteiger charge is -2.12. The summed E-state index contributed by atoms with van der Waals surface area (Å²) in [7, 11) is -4.80. The van der Waals surface area contributed by atoms with Crippen LogP contribution in [0.1, 0.15) is 5.56 Å². The summed E-state index contributed by atoms with van der Waals surface area (Å²) in [5, 5.41) is 0.0918. The molecule has 0 amide bonds. The number of hydrogen-bond acceptors (Lipinski definition) is 4. The van der Waals surface area contributed by atoms with Crippen LogP contribution in [0.25, 0.3) is 0 Å². The van der Waals surface area contributed by atoms with Crippen molar-refractivity contribution >= 4 is 31.6 Å². The molecule has 0 saturated heterocycles.